The van der Waals surface area contributed by atoms with Crippen LogP contribution in [0.25, 0.3) is 0 Å². The highest BCUT2D eigenvalue weighted by molar-refractivity contribution is 6.30. The van der Waals surface area contributed by atoms with Crippen molar-refractivity contribution in [1.82, 2.24) is 5.32 Å². The van der Waals surface area contributed by atoms with Gasteiger partial charge in [0.15, 0.2) is 0 Å². The molecule has 0 radical (unpaired) electrons. The quantitative estimate of drug-likeness (QED) is 0.901. The molecule has 0 aliphatic heterocycles. The first kappa shape index (κ1) is 16.8. The van der Waals surface area contributed by atoms with Crippen LogP contribution < -0.4 is 10.2 Å². The maximum Gasteiger partial charge on any atom is 0.223 e. The molecule has 0 saturated heterocycles. The van der Waals surface area contributed by atoms with Gasteiger partial charge >= 0.3 is 0 Å². The number of hydrogen-bond donors (Lipinski definition) is 1. The summed E-state index contributed by atoms with van der Waals surface area (Å²) in [5.41, 5.74) is 0.766. The van der Waals surface area contributed by atoms with E-state index in [1.54, 1.807) is 29.2 Å². The Morgan fingerprint density at radius 3 is 2.41 bits per heavy atom. The van der Waals surface area contributed by atoms with Crippen molar-refractivity contribution in [3.05, 3.63) is 29.3 Å². The molecule has 1 aromatic rings. The van der Waals surface area contributed by atoms with Crippen molar-refractivity contribution < 1.29 is 9.59 Å². The Balaban J connectivity index is 1.87. The van der Waals surface area contributed by atoms with Crippen molar-refractivity contribution in [2.45, 2.75) is 51.5 Å². The number of carbonyl (C=O) groups excluding carboxylic acids is 2. The number of carbonyl (C=O) groups is 2. The number of hydrogen-bond acceptors (Lipinski definition) is 2. The van der Waals surface area contributed by atoms with E-state index in [1.807, 2.05) is 0 Å². The zero-order valence-electron chi connectivity index (χ0n) is 13.0. The lowest BCUT2D eigenvalue weighted by Gasteiger charge is -2.24. The third kappa shape index (κ3) is 5.02. The lowest BCUT2D eigenvalue weighted by molar-refractivity contribution is -0.121. The zero-order chi connectivity index (χ0) is 15.9. The fourth-order valence-electron chi connectivity index (χ4n) is 2.85. The first-order chi connectivity index (χ1) is 10.6. The molecule has 120 valence electrons. The van der Waals surface area contributed by atoms with E-state index < -0.39 is 0 Å². The first-order valence-electron chi connectivity index (χ1n) is 7.89. The van der Waals surface area contributed by atoms with Crippen LogP contribution in [-0.2, 0) is 9.59 Å². The van der Waals surface area contributed by atoms with Gasteiger partial charge in [-0.25, -0.2) is 0 Å². The lowest BCUT2D eigenvalue weighted by Crippen LogP contribution is -2.39. The Bertz CT molecular complexity index is 510. The molecule has 0 atom stereocenters. The van der Waals surface area contributed by atoms with Crippen LogP contribution in [0, 0.1) is 0 Å². The Morgan fingerprint density at radius 2 is 1.82 bits per heavy atom. The topological polar surface area (TPSA) is 49.4 Å². The fourth-order valence-corrected chi connectivity index (χ4v) is 2.98. The smallest absolute Gasteiger partial charge is 0.223 e. The van der Waals surface area contributed by atoms with E-state index in [1.165, 1.54) is 26.2 Å². The minimum atomic E-state index is -0.0761. The largest absolute Gasteiger partial charge is 0.353 e. The molecule has 1 fully saturated rings. The average molecular weight is 323 g/mol. The summed E-state index contributed by atoms with van der Waals surface area (Å²) in [5, 5.41) is 3.70. The van der Waals surface area contributed by atoms with Crippen LogP contribution in [-0.4, -0.2) is 24.4 Å². The molecule has 1 aliphatic rings. The summed E-state index contributed by atoms with van der Waals surface area (Å²) >= 11 is 5.86. The van der Waals surface area contributed by atoms with E-state index in [-0.39, 0.29) is 11.8 Å². The van der Waals surface area contributed by atoms with Gasteiger partial charge in [0.2, 0.25) is 11.8 Å². The zero-order valence-corrected chi connectivity index (χ0v) is 13.7. The Morgan fingerprint density at radius 1 is 1.18 bits per heavy atom. The van der Waals surface area contributed by atoms with Gasteiger partial charge in [0.1, 0.15) is 0 Å². The second-order valence-corrected chi connectivity index (χ2v) is 6.24. The van der Waals surface area contributed by atoms with Crippen molar-refractivity contribution in [3.8, 4) is 0 Å². The predicted molar refractivity (Wildman–Crippen MR) is 89.1 cm³/mol. The molecule has 1 aliphatic carbocycles. The summed E-state index contributed by atoms with van der Waals surface area (Å²) in [4.78, 5) is 25.5. The van der Waals surface area contributed by atoms with E-state index in [4.69, 9.17) is 11.6 Å². The fraction of sp³-hybridized carbons (Fsp3) is 0.529. The van der Waals surface area contributed by atoms with Crippen molar-refractivity contribution in [3.63, 3.8) is 0 Å². The van der Waals surface area contributed by atoms with Crippen LogP contribution >= 0.6 is 11.6 Å². The predicted octanol–water partition coefficient (Wildman–Crippen LogP) is 3.53. The monoisotopic (exact) mass is 322 g/mol. The molecule has 0 heterocycles. The molecular formula is C17H23ClN2O2. The van der Waals surface area contributed by atoms with Gasteiger partial charge < -0.3 is 10.2 Å². The van der Waals surface area contributed by atoms with E-state index in [2.05, 4.69) is 5.32 Å². The van der Waals surface area contributed by atoms with Gasteiger partial charge in [-0.3, -0.25) is 9.59 Å². The highest BCUT2D eigenvalue weighted by atomic mass is 35.5. The molecule has 22 heavy (non-hydrogen) atoms. The van der Waals surface area contributed by atoms with Crippen LogP contribution in [0.4, 0.5) is 5.69 Å². The number of nitrogens with one attached hydrogen (secondary N) is 1. The van der Waals surface area contributed by atoms with E-state index in [0.29, 0.717) is 24.0 Å². The van der Waals surface area contributed by atoms with Gasteiger partial charge in [0, 0.05) is 36.6 Å². The standard InChI is InChI=1S/C17H23ClN2O2/c1-13(21)20(16-9-7-14(18)8-10-16)12-11-17(22)19-15-5-3-2-4-6-15/h7-10,15H,2-6,11-12H2,1H3,(H,19,22). The summed E-state index contributed by atoms with van der Waals surface area (Å²) in [5.74, 6) is -0.0556. The van der Waals surface area contributed by atoms with Crippen molar-refractivity contribution in [2.24, 2.45) is 0 Å². The molecule has 4 nitrogen and oxygen atoms in total. The molecule has 1 aromatic carbocycles. The molecule has 5 heteroatoms. The number of nitrogens with zero attached hydrogens (tertiary/aromatic N) is 1. The first-order valence-corrected chi connectivity index (χ1v) is 8.27. The minimum Gasteiger partial charge on any atom is -0.353 e. The molecule has 2 rings (SSSR count). The van der Waals surface area contributed by atoms with Crippen LogP contribution in [0.5, 0.6) is 0 Å². The second-order valence-electron chi connectivity index (χ2n) is 5.80. The lowest BCUT2D eigenvalue weighted by atomic mass is 9.95. The van der Waals surface area contributed by atoms with Gasteiger partial charge in [0.25, 0.3) is 0 Å². The third-order valence-electron chi connectivity index (χ3n) is 4.05. The van der Waals surface area contributed by atoms with Crippen molar-refractivity contribution in [1.29, 1.82) is 0 Å². The van der Waals surface area contributed by atoms with Gasteiger partial charge in [-0.05, 0) is 37.1 Å². The van der Waals surface area contributed by atoms with Crippen LogP contribution in [0.15, 0.2) is 24.3 Å². The normalized spacial score (nSPS) is 15.4. The average Bonchev–Trinajstić information content (AvgIpc) is 2.50. The molecule has 0 unspecified atom stereocenters. The highest BCUT2D eigenvalue weighted by Gasteiger charge is 2.17. The van der Waals surface area contributed by atoms with E-state index in [0.717, 1.165) is 18.5 Å². The Kier molecular flexibility index (Phi) is 6.25. The number of halogens is 1. The molecule has 0 spiro atoms. The summed E-state index contributed by atoms with van der Waals surface area (Å²) in [6.45, 7) is 1.89. The number of anilines is 1. The van der Waals surface area contributed by atoms with E-state index >= 15 is 0 Å². The van der Waals surface area contributed by atoms with Crippen molar-refractivity contribution in [2.75, 3.05) is 11.4 Å². The number of benzene rings is 1. The van der Waals surface area contributed by atoms with Gasteiger partial charge in [-0.15, -0.1) is 0 Å². The van der Waals surface area contributed by atoms with Crippen molar-refractivity contribution >= 4 is 29.1 Å². The summed E-state index contributed by atoms with van der Waals surface area (Å²) < 4.78 is 0. The summed E-state index contributed by atoms with van der Waals surface area (Å²) in [6.07, 6.45) is 6.10. The minimum absolute atomic E-state index is 0.0205. The number of rotatable bonds is 5. The van der Waals surface area contributed by atoms with Gasteiger partial charge in [-0.2, -0.15) is 0 Å². The Hall–Kier alpha value is -1.55. The maximum absolute atomic E-state index is 12.1. The maximum atomic E-state index is 12.1. The molecule has 1 N–H and O–H groups in total. The summed E-state index contributed by atoms with van der Waals surface area (Å²) in [6, 6.07) is 7.39. The van der Waals surface area contributed by atoms with Gasteiger partial charge in [0.05, 0.1) is 0 Å². The molecule has 0 bridgehead atoms. The van der Waals surface area contributed by atoms with Crippen LogP contribution in [0.1, 0.15) is 45.4 Å². The molecular weight excluding hydrogens is 300 g/mol. The second kappa shape index (κ2) is 8.18. The summed E-state index contributed by atoms with van der Waals surface area (Å²) in [7, 11) is 0. The SMILES string of the molecule is CC(=O)N(CCC(=O)NC1CCCCC1)c1ccc(Cl)cc1. The highest BCUT2D eigenvalue weighted by Crippen LogP contribution is 2.19. The third-order valence-corrected chi connectivity index (χ3v) is 4.30. The van der Waals surface area contributed by atoms with Crippen LogP contribution in [0.3, 0.4) is 0 Å². The Labute approximate surface area is 136 Å². The molecule has 0 aromatic heterocycles. The molecule has 2 amide bonds. The van der Waals surface area contributed by atoms with E-state index in [9.17, 15) is 9.59 Å². The number of amides is 2. The van der Waals surface area contributed by atoms with Gasteiger partial charge in [-0.1, -0.05) is 30.9 Å². The van der Waals surface area contributed by atoms with Crippen LogP contribution in [0.2, 0.25) is 5.02 Å². The molecule has 1 saturated carbocycles.